The summed E-state index contributed by atoms with van der Waals surface area (Å²) in [5.41, 5.74) is 2.94. The van der Waals surface area contributed by atoms with Crippen molar-refractivity contribution in [2.24, 2.45) is 0 Å². The summed E-state index contributed by atoms with van der Waals surface area (Å²) in [6.45, 7) is 15.5. The average molecular weight is 411 g/mol. The van der Waals surface area contributed by atoms with Crippen molar-refractivity contribution in [1.29, 1.82) is 0 Å². The van der Waals surface area contributed by atoms with Crippen molar-refractivity contribution in [2.75, 3.05) is 37.6 Å². The number of fused-ring (bicyclic) bond motifs is 1. The molecule has 0 saturated carbocycles. The highest BCUT2D eigenvalue weighted by atomic mass is 16.1. The number of anilines is 1. The van der Waals surface area contributed by atoms with Crippen molar-refractivity contribution >= 4 is 11.6 Å². The van der Waals surface area contributed by atoms with Crippen LogP contribution in [0.1, 0.15) is 37.7 Å². The minimum Gasteiger partial charge on any atom is -0.354 e. The Labute approximate surface area is 176 Å². The first-order valence-corrected chi connectivity index (χ1v) is 10.5. The molecule has 1 aliphatic heterocycles. The van der Waals surface area contributed by atoms with Crippen LogP contribution in [0.25, 0.3) is 5.78 Å². The lowest BCUT2D eigenvalue weighted by atomic mass is 9.92. The smallest absolute Gasteiger partial charge is 0.266 e. The Hall–Kier alpha value is -2.81. The third-order valence-corrected chi connectivity index (χ3v) is 5.81. The first-order chi connectivity index (χ1) is 14.2. The van der Waals surface area contributed by atoms with Crippen LogP contribution < -0.4 is 10.5 Å². The molecule has 3 aromatic heterocycles. The van der Waals surface area contributed by atoms with Crippen LogP contribution in [0.4, 0.5) is 5.82 Å². The van der Waals surface area contributed by atoms with Crippen molar-refractivity contribution in [3.8, 4) is 0 Å². The molecule has 4 rings (SSSR count). The molecule has 160 valence electrons. The Morgan fingerprint density at radius 3 is 2.47 bits per heavy atom. The second-order valence-electron chi connectivity index (χ2n) is 8.98. The fraction of sp³-hybridized carbons (Fsp3) is 0.571. The third-order valence-electron chi connectivity index (χ3n) is 5.81. The van der Waals surface area contributed by atoms with Gasteiger partial charge in [0.25, 0.3) is 11.3 Å². The van der Waals surface area contributed by atoms with Gasteiger partial charge in [0.15, 0.2) is 0 Å². The topological polar surface area (TPSA) is 84.4 Å². The molecule has 0 bridgehead atoms. The van der Waals surface area contributed by atoms with Gasteiger partial charge >= 0.3 is 0 Å². The van der Waals surface area contributed by atoms with Gasteiger partial charge in [-0.25, -0.2) is 9.67 Å². The summed E-state index contributed by atoms with van der Waals surface area (Å²) in [6, 6.07) is 3.46. The van der Waals surface area contributed by atoms with Crippen LogP contribution >= 0.6 is 0 Å². The molecule has 1 saturated heterocycles. The molecule has 4 heterocycles. The zero-order chi connectivity index (χ0) is 21.5. The quantitative estimate of drug-likeness (QED) is 0.643. The van der Waals surface area contributed by atoms with Gasteiger partial charge in [0.05, 0.1) is 12.2 Å². The molecule has 0 unspecified atom stereocenters. The van der Waals surface area contributed by atoms with E-state index in [9.17, 15) is 4.79 Å². The highest BCUT2D eigenvalue weighted by molar-refractivity contribution is 5.54. The molecule has 9 heteroatoms. The van der Waals surface area contributed by atoms with Crippen LogP contribution in [0.15, 0.2) is 23.3 Å². The van der Waals surface area contributed by atoms with E-state index in [0.29, 0.717) is 12.3 Å². The summed E-state index contributed by atoms with van der Waals surface area (Å²) >= 11 is 0. The van der Waals surface area contributed by atoms with Gasteiger partial charge in [0, 0.05) is 55.5 Å². The van der Waals surface area contributed by atoms with E-state index in [-0.39, 0.29) is 11.0 Å². The Morgan fingerprint density at radius 2 is 1.77 bits per heavy atom. The van der Waals surface area contributed by atoms with Crippen LogP contribution in [-0.4, -0.2) is 67.0 Å². The molecule has 0 N–H and O–H groups in total. The first-order valence-electron chi connectivity index (χ1n) is 10.5. The summed E-state index contributed by atoms with van der Waals surface area (Å²) < 4.78 is 3.43. The minimum absolute atomic E-state index is 0.0434. The Balaban J connectivity index is 1.43. The van der Waals surface area contributed by atoms with E-state index in [2.05, 4.69) is 57.7 Å². The molecule has 0 spiro atoms. The monoisotopic (exact) mass is 410 g/mol. The second-order valence-corrected chi connectivity index (χ2v) is 8.98. The van der Waals surface area contributed by atoms with Gasteiger partial charge < -0.3 is 4.90 Å². The maximum atomic E-state index is 12.2. The van der Waals surface area contributed by atoms with Gasteiger partial charge in [-0.2, -0.15) is 19.7 Å². The lowest BCUT2D eigenvalue weighted by Crippen LogP contribution is -2.48. The molecule has 3 aromatic rings. The summed E-state index contributed by atoms with van der Waals surface area (Å²) in [4.78, 5) is 25.7. The first kappa shape index (κ1) is 20.5. The zero-order valence-corrected chi connectivity index (χ0v) is 18.5. The maximum absolute atomic E-state index is 12.2. The van der Waals surface area contributed by atoms with E-state index in [1.807, 2.05) is 17.5 Å². The number of nitrogens with zero attached hydrogens (tertiary/aromatic N) is 8. The largest absolute Gasteiger partial charge is 0.354 e. The van der Waals surface area contributed by atoms with Crippen molar-refractivity contribution in [3.63, 3.8) is 0 Å². The second kappa shape index (κ2) is 7.79. The SMILES string of the molecule is Cc1nc2ncnn2c(N2CCN(CCn3nc(C(C)(C)C)ccc3=O)CC2)c1C. The van der Waals surface area contributed by atoms with Gasteiger partial charge in [-0.05, 0) is 19.9 Å². The Kier molecular flexibility index (Phi) is 5.31. The number of piperazine rings is 1. The number of hydrogen-bond donors (Lipinski definition) is 0. The van der Waals surface area contributed by atoms with Crippen molar-refractivity contribution in [3.05, 3.63) is 45.8 Å². The molecule has 30 heavy (non-hydrogen) atoms. The van der Waals surface area contributed by atoms with Crippen molar-refractivity contribution in [1.82, 2.24) is 34.3 Å². The number of rotatable bonds is 4. The summed E-state index contributed by atoms with van der Waals surface area (Å²) in [5.74, 6) is 1.71. The molecule has 1 aliphatic rings. The van der Waals surface area contributed by atoms with Gasteiger partial charge in [-0.15, -0.1) is 0 Å². The van der Waals surface area contributed by atoms with Gasteiger partial charge in [0.1, 0.15) is 12.1 Å². The predicted octanol–water partition coefficient (Wildman–Crippen LogP) is 1.42. The van der Waals surface area contributed by atoms with Gasteiger partial charge in [-0.3, -0.25) is 9.69 Å². The molecule has 0 aromatic carbocycles. The highest BCUT2D eigenvalue weighted by Crippen LogP contribution is 2.23. The lowest BCUT2D eigenvalue weighted by Gasteiger charge is -2.36. The van der Waals surface area contributed by atoms with Gasteiger partial charge in [0.2, 0.25) is 0 Å². The standard InChI is InChI=1S/C21H30N8O/c1-15-16(2)24-20-22-14-23-29(20)19(15)27-11-8-26(9-12-27)10-13-28-18(30)7-6-17(25-28)21(3,4)5/h6-7,14H,8-13H2,1-5H3. The normalized spacial score (nSPS) is 15.8. The summed E-state index contributed by atoms with van der Waals surface area (Å²) in [7, 11) is 0. The van der Waals surface area contributed by atoms with Crippen LogP contribution in [-0.2, 0) is 12.0 Å². The zero-order valence-electron chi connectivity index (χ0n) is 18.5. The van der Waals surface area contributed by atoms with E-state index in [1.165, 1.54) is 0 Å². The molecular weight excluding hydrogens is 380 g/mol. The van der Waals surface area contributed by atoms with Crippen LogP contribution in [0.3, 0.4) is 0 Å². The molecule has 0 amide bonds. The van der Waals surface area contributed by atoms with E-state index < -0.39 is 0 Å². The highest BCUT2D eigenvalue weighted by Gasteiger charge is 2.23. The molecular formula is C21H30N8O. The molecule has 1 fully saturated rings. The molecule has 0 radical (unpaired) electrons. The minimum atomic E-state index is -0.0751. The third kappa shape index (κ3) is 3.94. The van der Waals surface area contributed by atoms with E-state index in [0.717, 1.165) is 55.5 Å². The van der Waals surface area contributed by atoms with Crippen LogP contribution in [0.2, 0.25) is 0 Å². The van der Waals surface area contributed by atoms with Crippen LogP contribution in [0, 0.1) is 13.8 Å². The van der Waals surface area contributed by atoms with Crippen LogP contribution in [0.5, 0.6) is 0 Å². The summed E-state index contributed by atoms with van der Waals surface area (Å²) in [5, 5.41) is 8.95. The van der Waals surface area contributed by atoms with Gasteiger partial charge in [-0.1, -0.05) is 20.8 Å². The molecule has 9 nitrogen and oxygen atoms in total. The number of aromatic nitrogens is 6. The maximum Gasteiger partial charge on any atom is 0.266 e. The van der Waals surface area contributed by atoms with E-state index in [1.54, 1.807) is 17.1 Å². The fourth-order valence-electron chi connectivity index (χ4n) is 3.82. The molecule has 0 aliphatic carbocycles. The predicted molar refractivity (Wildman–Crippen MR) is 116 cm³/mol. The molecule has 0 atom stereocenters. The summed E-state index contributed by atoms with van der Waals surface area (Å²) in [6.07, 6.45) is 1.55. The Bertz CT molecular complexity index is 1100. The fourth-order valence-corrected chi connectivity index (χ4v) is 3.82. The lowest BCUT2D eigenvalue weighted by molar-refractivity contribution is 0.241. The van der Waals surface area contributed by atoms with E-state index in [4.69, 9.17) is 0 Å². The van der Waals surface area contributed by atoms with Crippen molar-refractivity contribution in [2.45, 2.75) is 46.6 Å². The number of aryl methyl sites for hydroxylation is 1. The van der Waals surface area contributed by atoms with E-state index >= 15 is 0 Å². The Morgan fingerprint density at radius 1 is 1.03 bits per heavy atom. The number of hydrogen-bond acceptors (Lipinski definition) is 7. The van der Waals surface area contributed by atoms with Crippen molar-refractivity contribution < 1.29 is 0 Å². The average Bonchev–Trinajstić information content (AvgIpc) is 3.15.